The summed E-state index contributed by atoms with van der Waals surface area (Å²) in [5.74, 6) is 0. The first-order valence-corrected chi connectivity index (χ1v) is 14.4. The Morgan fingerprint density at radius 3 is 1.64 bits per heavy atom. The highest BCUT2D eigenvalue weighted by Gasteiger charge is 2.24. The van der Waals surface area contributed by atoms with E-state index in [4.69, 9.17) is 4.42 Å². The van der Waals surface area contributed by atoms with E-state index in [9.17, 15) is 0 Å². The van der Waals surface area contributed by atoms with Gasteiger partial charge in [-0.15, -0.1) is 0 Å². The molecule has 196 valence electrons. The van der Waals surface area contributed by atoms with Crippen LogP contribution in [0.15, 0.2) is 156 Å². The van der Waals surface area contributed by atoms with E-state index >= 15 is 0 Å². The maximum atomic E-state index is 6.73. The Morgan fingerprint density at radius 2 is 0.976 bits per heavy atom. The molecule has 0 saturated heterocycles. The Labute approximate surface area is 242 Å². The second-order valence-corrected chi connectivity index (χ2v) is 10.9. The molecule has 0 fully saturated rings. The maximum Gasteiger partial charge on any atom is 0.161 e. The molecule has 0 aliphatic carbocycles. The number of nitrogens with zero attached hydrogens (tertiary/aromatic N) is 1. The lowest BCUT2D eigenvalue weighted by molar-refractivity contribution is 0.673. The molecule has 0 spiro atoms. The highest BCUT2D eigenvalue weighted by Crippen LogP contribution is 2.48. The Morgan fingerprint density at radius 1 is 0.429 bits per heavy atom. The standard InChI is InChI=1S/C40H25NO/c1-3-14-26(15-4-1)36-28-18-7-9-20-30(28)37(31-21-10-8-19-29(31)36)33-23-13-25-35-38(33)39-40(42-35)32-22-11-12-24-34(32)41(39)27-16-5-2-6-17-27/h1-25H. The summed E-state index contributed by atoms with van der Waals surface area (Å²) in [5.41, 5.74) is 10.1. The lowest BCUT2D eigenvalue weighted by Crippen LogP contribution is -1.94. The van der Waals surface area contributed by atoms with E-state index in [1.807, 2.05) is 0 Å². The third-order valence-electron chi connectivity index (χ3n) is 8.58. The Bertz CT molecular complexity index is 2390. The summed E-state index contributed by atoms with van der Waals surface area (Å²) in [6.07, 6.45) is 0. The van der Waals surface area contributed by atoms with Gasteiger partial charge in [0, 0.05) is 11.1 Å². The summed E-state index contributed by atoms with van der Waals surface area (Å²) in [6, 6.07) is 54.1. The molecule has 0 radical (unpaired) electrons. The average molecular weight is 536 g/mol. The lowest BCUT2D eigenvalue weighted by atomic mass is 9.85. The molecular weight excluding hydrogens is 510 g/mol. The topological polar surface area (TPSA) is 18.1 Å². The minimum atomic E-state index is 0.897. The SMILES string of the molecule is c1ccc(-c2c3ccccc3c(-c3cccc4oc5c6ccccc6n(-c6ccccc6)c5c34)c3ccccc23)cc1. The summed E-state index contributed by atoms with van der Waals surface area (Å²) in [4.78, 5) is 0. The highest BCUT2D eigenvalue weighted by atomic mass is 16.3. The van der Waals surface area contributed by atoms with Gasteiger partial charge in [0.05, 0.1) is 10.9 Å². The van der Waals surface area contributed by atoms with Gasteiger partial charge < -0.3 is 8.98 Å². The van der Waals surface area contributed by atoms with Crippen molar-refractivity contribution in [2.45, 2.75) is 0 Å². The maximum absolute atomic E-state index is 6.73. The Kier molecular flexibility index (Phi) is 4.93. The number of hydrogen-bond acceptors (Lipinski definition) is 1. The molecule has 0 unspecified atom stereocenters. The van der Waals surface area contributed by atoms with Crippen molar-refractivity contribution in [2.75, 3.05) is 0 Å². The van der Waals surface area contributed by atoms with Crippen molar-refractivity contribution >= 4 is 54.5 Å². The van der Waals surface area contributed by atoms with Crippen molar-refractivity contribution in [3.05, 3.63) is 152 Å². The number of rotatable bonds is 3. The lowest BCUT2D eigenvalue weighted by Gasteiger charge is -2.18. The zero-order valence-corrected chi connectivity index (χ0v) is 22.8. The third kappa shape index (κ3) is 3.21. The van der Waals surface area contributed by atoms with Crippen LogP contribution in [0.4, 0.5) is 0 Å². The zero-order chi connectivity index (χ0) is 27.6. The molecule has 7 aromatic carbocycles. The van der Waals surface area contributed by atoms with Crippen LogP contribution in [0.3, 0.4) is 0 Å². The van der Waals surface area contributed by atoms with E-state index in [2.05, 4.69) is 156 Å². The molecule has 2 heterocycles. The molecule has 0 saturated carbocycles. The minimum Gasteiger partial charge on any atom is -0.454 e. The van der Waals surface area contributed by atoms with Crippen LogP contribution >= 0.6 is 0 Å². The van der Waals surface area contributed by atoms with Crippen LogP contribution in [0.5, 0.6) is 0 Å². The smallest absolute Gasteiger partial charge is 0.161 e. The van der Waals surface area contributed by atoms with Gasteiger partial charge >= 0.3 is 0 Å². The Hall–Kier alpha value is -5.60. The van der Waals surface area contributed by atoms with E-state index in [1.54, 1.807) is 0 Å². The van der Waals surface area contributed by atoms with E-state index in [-0.39, 0.29) is 0 Å². The normalized spacial score (nSPS) is 11.8. The van der Waals surface area contributed by atoms with Crippen LogP contribution in [0.2, 0.25) is 0 Å². The Balaban J connectivity index is 1.50. The highest BCUT2D eigenvalue weighted by molar-refractivity contribution is 6.27. The number of aromatic nitrogens is 1. The van der Waals surface area contributed by atoms with Gasteiger partial charge in [0.1, 0.15) is 11.1 Å². The summed E-state index contributed by atoms with van der Waals surface area (Å²) >= 11 is 0. The molecule has 0 amide bonds. The van der Waals surface area contributed by atoms with Gasteiger partial charge in [-0.1, -0.05) is 121 Å². The molecule has 0 atom stereocenters. The van der Waals surface area contributed by atoms with Crippen LogP contribution in [-0.4, -0.2) is 4.57 Å². The molecule has 0 N–H and O–H groups in total. The van der Waals surface area contributed by atoms with E-state index < -0.39 is 0 Å². The molecule has 0 bridgehead atoms. The van der Waals surface area contributed by atoms with Gasteiger partial charge in [-0.2, -0.15) is 0 Å². The first-order valence-electron chi connectivity index (χ1n) is 14.4. The molecule has 42 heavy (non-hydrogen) atoms. The molecule has 9 rings (SSSR count). The van der Waals surface area contributed by atoms with Crippen molar-refractivity contribution in [3.8, 4) is 27.9 Å². The number of hydrogen-bond donors (Lipinski definition) is 0. The summed E-state index contributed by atoms with van der Waals surface area (Å²) in [6.45, 7) is 0. The summed E-state index contributed by atoms with van der Waals surface area (Å²) in [5, 5.41) is 7.22. The second-order valence-electron chi connectivity index (χ2n) is 10.9. The van der Waals surface area contributed by atoms with Gasteiger partial charge in [-0.05, 0) is 74.1 Å². The van der Waals surface area contributed by atoms with E-state index in [1.165, 1.54) is 43.8 Å². The number of furan rings is 1. The molecular formula is C40H25NO. The zero-order valence-electron chi connectivity index (χ0n) is 22.8. The molecule has 0 aliphatic heterocycles. The molecule has 2 nitrogen and oxygen atoms in total. The quantitative estimate of drug-likeness (QED) is 0.206. The van der Waals surface area contributed by atoms with Crippen molar-refractivity contribution in [1.82, 2.24) is 4.57 Å². The molecule has 2 aromatic heterocycles. The fourth-order valence-corrected chi connectivity index (χ4v) is 6.90. The number of para-hydroxylation sites is 2. The van der Waals surface area contributed by atoms with E-state index in [0.717, 1.165) is 38.7 Å². The fourth-order valence-electron chi connectivity index (χ4n) is 6.90. The monoisotopic (exact) mass is 535 g/mol. The van der Waals surface area contributed by atoms with Gasteiger partial charge in [0.25, 0.3) is 0 Å². The first-order chi connectivity index (χ1) is 20.9. The molecule has 0 aliphatic rings. The minimum absolute atomic E-state index is 0.897. The van der Waals surface area contributed by atoms with Crippen LogP contribution in [0, 0.1) is 0 Å². The van der Waals surface area contributed by atoms with Gasteiger partial charge in [0.15, 0.2) is 5.58 Å². The number of benzene rings is 7. The van der Waals surface area contributed by atoms with Crippen LogP contribution in [0.25, 0.3) is 82.5 Å². The second kappa shape index (κ2) is 8.95. The molecule has 9 aromatic rings. The van der Waals surface area contributed by atoms with Crippen LogP contribution in [-0.2, 0) is 0 Å². The average Bonchev–Trinajstić information content (AvgIpc) is 3.59. The van der Waals surface area contributed by atoms with Crippen LogP contribution in [0.1, 0.15) is 0 Å². The van der Waals surface area contributed by atoms with Crippen molar-refractivity contribution in [3.63, 3.8) is 0 Å². The number of fused-ring (bicyclic) bond motifs is 7. The third-order valence-corrected chi connectivity index (χ3v) is 8.58. The first kappa shape index (κ1) is 23.1. The summed E-state index contributed by atoms with van der Waals surface area (Å²) < 4.78 is 9.09. The largest absolute Gasteiger partial charge is 0.454 e. The van der Waals surface area contributed by atoms with Gasteiger partial charge in [0.2, 0.25) is 0 Å². The predicted molar refractivity (Wildman–Crippen MR) is 176 cm³/mol. The van der Waals surface area contributed by atoms with Crippen molar-refractivity contribution in [2.24, 2.45) is 0 Å². The van der Waals surface area contributed by atoms with E-state index in [0.29, 0.717) is 0 Å². The summed E-state index contributed by atoms with van der Waals surface area (Å²) in [7, 11) is 0. The van der Waals surface area contributed by atoms with Crippen molar-refractivity contribution < 1.29 is 4.42 Å². The van der Waals surface area contributed by atoms with Gasteiger partial charge in [-0.25, -0.2) is 0 Å². The van der Waals surface area contributed by atoms with Crippen LogP contribution < -0.4 is 0 Å². The van der Waals surface area contributed by atoms with Gasteiger partial charge in [-0.3, -0.25) is 0 Å². The van der Waals surface area contributed by atoms with Crippen molar-refractivity contribution in [1.29, 1.82) is 0 Å². The molecule has 2 heteroatoms. The fraction of sp³-hybridized carbons (Fsp3) is 0. The predicted octanol–water partition coefficient (Wildman–Crippen LogP) is 11.2.